The number of rotatable bonds is 8. The van der Waals surface area contributed by atoms with Gasteiger partial charge in [-0.15, -0.1) is 0 Å². The number of hydrogen-bond acceptors (Lipinski definition) is 6. The van der Waals surface area contributed by atoms with E-state index in [9.17, 15) is 19.5 Å². The number of amides is 2. The highest BCUT2D eigenvalue weighted by Gasteiger charge is 2.19. The minimum atomic E-state index is -0.729. The van der Waals surface area contributed by atoms with Gasteiger partial charge in [0.1, 0.15) is 18.9 Å². The van der Waals surface area contributed by atoms with Gasteiger partial charge in [0.15, 0.2) is 0 Å². The lowest BCUT2D eigenvalue weighted by Gasteiger charge is -2.18. The first-order valence-electron chi connectivity index (χ1n) is 8.57. The molecule has 2 aromatic carbocycles. The fourth-order valence-electron chi connectivity index (χ4n) is 2.38. The summed E-state index contributed by atoms with van der Waals surface area (Å²) in [4.78, 5) is 35.5. The summed E-state index contributed by atoms with van der Waals surface area (Å²) >= 11 is 0. The van der Waals surface area contributed by atoms with Gasteiger partial charge in [-0.25, -0.2) is 4.79 Å². The van der Waals surface area contributed by atoms with E-state index in [1.54, 1.807) is 12.1 Å². The van der Waals surface area contributed by atoms with Crippen molar-refractivity contribution in [3.8, 4) is 5.75 Å². The maximum absolute atomic E-state index is 12.2. The van der Waals surface area contributed by atoms with Crippen LogP contribution in [0.15, 0.2) is 54.6 Å². The first kappa shape index (κ1) is 20.8. The highest BCUT2D eigenvalue weighted by atomic mass is 16.5. The molecule has 1 atom stereocenters. The lowest BCUT2D eigenvalue weighted by Crippen LogP contribution is -2.39. The average molecular weight is 386 g/mol. The third-order valence-corrected chi connectivity index (χ3v) is 3.84. The number of phenolic OH excluding ortho intramolecular Hbond substituents is 1. The lowest BCUT2D eigenvalue weighted by atomic mass is 10.0. The van der Waals surface area contributed by atoms with Crippen molar-refractivity contribution in [2.75, 3.05) is 13.7 Å². The van der Waals surface area contributed by atoms with E-state index in [1.807, 2.05) is 30.3 Å². The van der Waals surface area contributed by atoms with Crippen molar-refractivity contribution in [2.24, 2.45) is 0 Å². The van der Waals surface area contributed by atoms with Crippen LogP contribution in [0.4, 0.5) is 4.79 Å². The molecule has 8 heteroatoms. The number of aromatic hydroxyl groups is 1. The number of hydrogen-bond donors (Lipinski definition) is 3. The Balaban J connectivity index is 1.85. The number of nitrogens with one attached hydrogen (secondary N) is 2. The summed E-state index contributed by atoms with van der Waals surface area (Å²) < 4.78 is 9.68. The fraction of sp³-hybridized carbons (Fsp3) is 0.250. The Morgan fingerprint density at radius 3 is 2.36 bits per heavy atom. The van der Waals surface area contributed by atoms with Gasteiger partial charge < -0.3 is 25.2 Å². The first-order valence-corrected chi connectivity index (χ1v) is 8.57. The highest BCUT2D eigenvalue weighted by Crippen LogP contribution is 2.20. The van der Waals surface area contributed by atoms with Crippen LogP contribution in [-0.4, -0.2) is 36.7 Å². The zero-order valence-electron chi connectivity index (χ0n) is 15.4. The molecule has 0 spiro atoms. The average Bonchev–Trinajstić information content (AvgIpc) is 2.71. The largest absolute Gasteiger partial charge is 0.508 e. The van der Waals surface area contributed by atoms with Crippen LogP contribution in [0.5, 0.6) is 5.75 Å². The number of alkyl carbamates (subject to hydrolysis) is 1. The number of benzene rings is 2. The Kier molecular flexibility index (Phi) is 7.83. The zero-order chi connectivity index (χ0) is 20.4. The molecule has 0 aliphatic rings. The van der Waals surface area contributed by atoms with E-state index >= 15 is 0 Å². The third kappa shape index (κ3) is 6.99. The Morgan fingerprint density at radius 1 is 1.04 bits per heavy atom. The van der Waals surface area contributed by atoms with Crippen molar-refractivity contribution in [3.63, 3.8) is 0 Å². The quantitative estimate of drug-likeness (QED) is 0.598. The molecule has 0 fully saturated rings. The van der Waals surface area contributed by atoms with Crippen molar-refractivity contribution in [2.45, 2.75) is 19.1 Å². The summed E-state index contributed by atoms with van der Waals surface area (Å²) in [6, 6.07) is 14.6. The van der Waals surface area contributed by atoms with E-state index in [0.29, 0.717) is 5.56 Å². The summed E-state index contributed by atoms with van der Waals surface area (Å²) in [7, 11) is 1.25. The second kappa shape index (κ2) is 10.6. The number of esters is 1. The van der Waals surface area contributed by atoms with Gasteiger partial charge in [0.05, 0.1) is 19.6 Å². The van der Waals surface area contributed by atoms with Crippen LogP contribution in [-0.2, 0) is 25.7 Å². The van der Waals surface area contributed by atoms with Crippen LogP contribution >= 0.6 is 0 Å². The molecule has 2 rings (SSSR count). The van der Waals surface area contributed by atoms with Crippen LogP contribution in [0.25, 0.3) is 0 Å². The Labute approximate surface area is 162 Å². The van der Waals surface area contributed by atoms with Gasteiger partial charge in [-0.1, -0.05) is 42.5 Å². The van der Waals surface area contributed by atoms with Gasteiger partial charge in [0, 0.05) is 0 Å². The summed E-state index contributed by atoms with van der Waals surface area (Å²) in [5.41, 5.74) is 1.44. The fourth-order valence-corrected chi connectivity index (χ4v) is 2.38. The van der Waals surface area contributed by atoms with Crippen molar-refractivity contribution < 1.29 is 29.0 Å². The number of methoxy groups -OCH3 is 1. The molecule has 3 N–H and O–H groups in total. The molecule has 1 unspecified atom stereocenters. The number of carbonyl (C=O) groups excluding carboxylic acids is 3. The third-order valence-electron chi connectivity index (χ3n) is 3.84. The maximum atomic E-state index is 12.2. The normalized spacial score (nSPS) is 11.2. The van der Waals surface area contributed by atoms with E-state index in [0.717, 1.165) is 5.56 Å². The van der Waals surface area contributed by atoms with E-state index in [1.165, 1.54) is 19.2 Å². The molecule has 2 amide bonds. The topological polar surface area (TPSA) is 114 Å². The SMILES string of the molecule is COC(=O)CC(NC(=O)CNC(=O)OCc1ccccc1)c1ccc(O)cc1. The van der Waals surface area contributed by atoms with Crippen LogP contribution in [0.3, 0.4) is 0 Å². The van der Waals surface area contributed by atoms with Crippen LogP contribution < -0.4 is 10.6 Å². The van der Waals surface area contributed by atoms with Gasteiger partial charge in [-0.05, 0) is 23.3 Å². The molecule has 28 heavy (non-hydrogen) atoms. The van der Waals surface area contributed by atoms with Gasteiger partial charge in [0.2, 0.25) is 5.91 Å². The summed E-state index contributed by atoms with van der Waals surface area (Å²) in [5.74, 6) is -0.943. The molecule has 0 bridgehead atoms. The van der Waals surface area contributed by atoms with E-state index in [2.05, 4.69) is 15.4 Å². The molecule has 0 saturated heterocycles. The van der Waals surface area contributed by atoms with Gasteiger partial charge in [0.25, 0.3) is 0 Å². The van der Waals surface area contributed by atoms with Gasteiger partial charge in [-0.3, -0.25) is 9.59 Å². The Hall–Kier alpha value is -3.55. The molecule has 0 aliphatic heterocycles. The molecule has 0 saturated carbocycles. The number of ether oxygens (including phenoxy) is 2. The summed E-state index contributed by atoms with van der Waals surface area (Å²) in [6.45, 7) is -0.226. The van der Waals surface area contributed by atoms with E-state index in [4.69, 9.17) is 4.74 Å². The van der Waals surface area contributed by atoms with Crippen molar-refractivity contribution in [1.82, 2.24) is 10.6 Å². The maximum Gasteiger partial charge on any atom is 0.407 e. The Morgan fingerprint density at radius 2 is 1.71 bits per heavy atom. The van der Waals surface area contributed by atoms with Crippen LogP contribution in [0.2, 0.25) is 0 Å². The van der Waals surface area contributed by atoms with Gasteiger partial charge >= 0.3 is 12.1 Å². The predicted octanol–water partition coefficient (Wildman–Crippen LogP) is 2.04. The molecule has 0 aliphatic carbocycles. The van der Waals surface area contributed by atoms with Crippen molar-refractivity contribution >= 4 is 18.0 Å². The van der Waals surface area contributed by atoms with E-state index in [-0.39, 0.29) is 25.3 Å². The first-order chi connectivity index (χ1) is 13.5. The summed E-state index contributed by atoms with van der Waals surface area (Å²) in [6.07, 6.45) is -0.820. The van der Waals surface area contributed by atoms with Gasteiger partial charge in [-0.2, -0.15) is 0 Å². The predicted molar refractivity (Wildman–Crippen MR) is 100 cm³/mol. The minimum absolute atomic E-state index is 0.0646. The van der Waals surface area contributed by atoms with Crippen molar-refractivity contribution in [1.29, 1.82) is 0 Å². The molecule has 0 radical (unpaired) electrons. The second-order valence-corrected chi connectivity index (χ2v) is 5.91. The molecular formula is C20H22N2O6. The van der Waals surface area contributed by atoms with Crippen LogP contribution in [0.1, 0.15) is 23.6 Å². The molecule has 148 valence electrons. The number of phenols is 1. The van der Waals surface area contributed by atoms with Crippen molar-refractivity contribution in [3.05, 3.63) is 65.7 Å². The smallest absolute Gasteiger partial charge is 0.407 e. The minimum Gasteiger partial charge on any atom is -0.508 e. The molecule has 8 nitrogen and oxygen atoms in total. The molecule has 0 aromatic heterocycles. The molecular weight excluding hydrogens is 364 g/mol. The lowest BCUT2D eigenvalue weighted by molar-refractivity contribution is -0.141. The standard InChI is InChI=1S/C20H22N2O6/c1-27-19(25)11-17(15-7-9-16(23)10-8-15)22-18(24)12-21-20(26)28-13-14-5-3-2-4-6-14/h2-10,17,23H,11-13H2,1H3,(H,21,26)(H,22,24). The second-order valence-electron chi connectivity index (χ2n) is 5.91. The summed E-state index contributed by atoms with van der Waals surface area (Å²) in [5, 5.41) is 14.4. The van der Waals surface area contributed by atoms with E-state index < -0.39 is 24.0 Å². The molecule has 0 heterocycles. The van der Waals surface area contributed by atoms with Crippen LogP contribution in [0, 0.1) is 0 Å². The highest BCUT2D eigenvalue weighted by molar-refractivity contribution is 5.83. The zero-order valence-corrected chi connectivity index (χ0v) is 15.4. The molecule has 2 aromatic rings. The monoisotopic (exact) mass is 386 g/mol. The Bertz CT molecular complexity index is 792. The number of carbonyl (C=O) groups is 3.